The van der Waals surface area contributed by atoms with Crippen molar-refractivity contribution >= 4 is 34.2 Å². The van der Waals surface area contributed by atoms with Gasteiger partial charge in [0, 0.05) is 46.7 Å². The van der Waals surface area contributed by atoms with Crippen LogP contribution in [0.2, 0.25) is 5.02 Å². The Balaban J connectivity index is 2.52. The van der Waals surface area contributed by atoms with Crippen LogP contribution >= 0.6 is 34.2 Å². The van der Waals surface area contributed by atoms with Crippen molar-refractivity contribution in [3.8, 4) is 9.85 Å². The van der Waals surface area contributed by atoms with Crippen LogP contribution in [0.15, 0.2) is 24.3 Å². The highest BCUT2D eigenvalue weighted by Gasteiger charge is 2.09. The van der Waals surface area contributed by atoms with E-state index >= 15 is 0 Å². The summed E-state index contributed by atoms with van der Waals surface area (Å²) < 4.78 is 13.6. The molecule has 86 valence electrons. The maximum absolute atomic E-state index is 5.80. The summed E-state index contributed by atoms with van der Waals surface area (Å²) in [7, 11) is 1.61. The number of ether oxygens (including phenoxy) is 2. The number of rotatable bonds is 5. The van der Waals surface area contributed by atoms with Gasteiger partial charge in [0.25, 0.3) is 0 Å². The van der Waals surface area contributed by atoms with Crippen molar-refractivity contribution < 1.29 is 9.47 Å². The van der Waals surface area contributed by atoms with Crippen molar-refractivity contribution in [1.82, 2.24) is 0 Å². The van der Waals surface area contributed by atoms with Gasteiger partial charge in [-0.1, -0.05) is 29.7 Å². The molecule has 1 unspecified atom stereocenters. The minimum atomic E-state index is -0.353. The fraction of sp³-hybridized carbons (Fsp3) is 0.333. The highest BCUT2D eigenvalue weighted by molar-refractivity contribution is 14.1. The number of halogens is 2. The Morgan fingerprint density at radius 2 is 2.06 bits per heavy atom. The van der Waals surface area contributed by atoms with Gasteiger partial charge in [-0.2, -0.15) is 0 Å². The highest BCUT2D eigenvalue weighted by Crippen LogP contribution is 2.20. The summed E-state index contributed by atoms with van der Waals surface area (Å²) in [5.41, 5.74) is 0.953. The third kappa shape index (κ3) is 4.71. The first-order chi connectivity index (χ1) is 7.77. The molecule has 0 N–H and O–H groups in total. The molecule has 0 fully saturated rings. The Labute approximate surface area is 114 Å². The standard InChI is InChI=1S/C12H12ClIO2/c1-15-12(16-9-3-2-8-14)10-4-6-11(13)7-5-10/h4-7,12H,3,9H2,1H3. The zero-order chi connectivity index (χ0) is 11.8. The lowest BCUT2D eigenvalue weighted by Gasteiger charge is -2.15. The van der Waals surface area contributed by atoms with E-state index in [4.69, 9.17) is 21.1 Å². The lowest BCUT2D eigenvalue weighted by Crippen LogP contribution is -2.07. The fourth-order valence-corrected chi connectivity index (χ4v) is 1.58. The van der Waals surface area contributed by atoms with E-state index in [9.17, 15) is 0 Å². The van der Waals surface area contributed by atoms with Crippen molar-refractivity contribution in [2.24, 2.45) is 0 Å². The van der Waals surface area contributed by atoms with Gasteiger partial charge in [0.2, 0.25) is 0 Å². The Kier molecular flexibility index (Phi) is 6.81. The molecule has 0 heterocycles. The predicted molar refractivity (Wildman–Crippen MR) is 73.6 cm³/mol. The Hall–Kier alpha value is -0.280. The monoisotopic (exact) mass is 350 g/mol. The van der Waals surface area contributed by atoms with Crippen LogP contribution in [0.3, 0.4) is 0 Å². The van der Waals surface area contributed by atoms with Crippen LogP contribution in [-0.4, -0.2) is 13.7 Å². The van der Waals surface area contributed by atoms with Gasteiger partial charge in [-0.3, -0.25) is 0 Å². The van der Waals surface area contributed by atoms with Gasteiger partial charge in [0.1, 0.15) is 0 Å². The summed E-state index contributed by atoms with van der Waals surface area (Å²) in [6.07, 6.45) is 0.351. The molecule has 0 spiro atoms. The molecule has 1 aromatic rings. The van der Waals surface area contributed by atoms with E-state index in [1.807, 2.05) is 46.9 Å². The number of hydrogen-bond donors (Lipinski definition) is 0. The first-order valence-electron chi connectivity index (χ1n) is 4.76. The maximum atomic E-state index is 5.80. The molecular formula is C12H12ClIO2. The molecule has 2 nitrogen and oxygen atoms in total. The smallest absolute Gasteiger partial charge is 0.183 e. The highest BCUT2D eigenvalue weighted by atomic mass is 127. The van der Waals surface area contributed by atoms with E-state index in [0.717, 1.165) is 5.56 Å². The molecule has 0 aliphatic heterocycles. The second kappa shape index (κ2) is 7.91. The lowest BCUT2D eigenvalue weighted by molar-refractivity contribution is -0.126. The molecule has 0 aromatic heterocycles. The van der Waals surface area contributed by atoms with Gasteiger partial charge in [-0.05, 0) is 16.1 Å². The van der Waals surface area contributed by atoms with Crippen LogP contribution < -0.4 is 0 Å². The summed E-state index contributed by atoms with van der Waals surface area (Å²) in [4.78, 5) is 0. The molecule has 0 saturated carbocycles. The molecule has 1 atom stereocenters. The largest absolute Gasteiger partial charge is 0.352 e. The van der Waals surface area contributed by atoms with Gasteiger partial charge in [0.15, 0.2) is 6.29 Å². The molecule has 16 heavy (non-hydrogen) atoms. The zero-order valence-corrected chi connectivity index (χ0v) is 11.8. The Morgan fingerprint density at radius 1 is 1.38 bits per heavy atom. The molecule has 0 bridgehead atoms. The van der Waals surface area contributed by atoms with Crippen molar-refractivity contribution in [2.75, 3.05) is 13.7 Å². The van der Waals surface area contributed by atoms with E-state index in [0.29, 0.717) is 18.1 Å². The number of benzene rings is 1. The third-order valence-corrected chi connectivity index (χ3v) is 2.55. The Bertz CT molecular complexity index is 367. The molecular weight excluding hydrogens is 338 g/mol. The van der Waals surface area contributed by atoms with Crippen LogP contribution in [0.1, 0.15) is 18.3 Å². The van der Waals surface area contributed by atoms with E-state index in [-0.39, 0.29) is 6.29 Å². The minimum absolute atomic E-state index is 0.353. The number of hydrogen-bond acceptors (Lipinski definition) is 2. The topological polar surface area (TPSA) is 18.5 Å². The van der Waals surface area contributed by atoms with Crippen molar-refractivity contribution in [2.45, 2.75) is 12.7 Å². The lowest BCUT2D eigenvalue weighted by atomic mass is 10.2. The van der Waals surface area contributed by atoms with Crippen molar-refractivity contribution in [3.63, 3.8) is 0 Å². The zero-order valence-electron chi connectivity index (χ0n) is 8.87. The van der Waals surface area contributed by atoms with E-state index in [1.165, 1.54) is 0 Å². The first kappa shape index (κ1) is 13.8. The fourth-order valence-electron chi connectivity index (χ4n) is 1.18. The predicted octanol–water partition coefficient (Wildman–Crippen LogP) is 3.79. The first-order valence-corrected chi connectivity index (χ1v) is 6.22. The van der Waals surface area contributed by atoms with Crippen LogP contribution in [-0.2, 0) is 9.47 Å². The van der Waals surface area contributed by atoms with Gasteiger partial charge >= 0.3 is 0 Å². The van der Waals surface area contributed by atoms with Crippen LogP contribution in [0, 0.1) is 9.85 Å². The molecule has 0 aliphatic rings. The summed E-state index contributed by atoms with van der Waals surface area (Å²) in [6, 6.07) is 7.41. The molecule has 1 rings (SSSR count). The Morgan fingerprint density at radius 3 is 2.62 bits per heavy atom. The normalized spacial score (nSPS) is 11.7. The summed E-state index contributed by atoms with van der Waals surface area (Å²) in [5.74, 6) is 2.92. The van der Waals surface area contributed by atoms with Gasteiger partial charge in [-0.25, -0.2) is 0 Å². The maximum Gasteiger partial charge on any atom is 0.183 e. The number of methoxy groups -OCH3 is 1. The second-order valence-electron chi connectivity index (χ2n) is 3.01. The average Bonchev–Trinajstić information content (AvgIpc) is 2.31. The molecule has 0 radical (unpaired) electrons. The van der Waals surface area contributed by atoms with E-state index in [2.05, 4.69) is 9.85 Å². The van der Waals surface area contributed by atoms with Crippen LogP contribution in [0.5, 0.6) is 0 Å². The minimum Gasteiger partial charge on any atom is -0.352 e. The van der Waals surface area contributed by atoms with Crippen molar-refractivity contribution in [1.29, 1.82) is 0 Å². The SMILES string of the molecule is COC(OCCC#CI)c1ccc(Cl)cc1. The third-order valence-electron chi connectivity index (χ3n) is 1.92. The van der Waals surface area contributed by atoms with Gasteiger partial charge in [-0.15, -0.1) is 0 Å². The average molecular weight is 351 g/mol. The van der Waals surface area contributed by atoms with Crippen LogP contribution in [0.25, 0.3) is 0 Å². The molecule has 0 aliphatic carbocycles. The van der Waals surface area contributed by atoms with E-state index < -0.39 is 0 Å². The van der Waals surface area contributed by atoms with Gasteiger partial charge in [0.05, 0.1) is 6.61 Å². The summed E-state index contributed by atoms with van der Waals surface area (Å²) in [6.45, 7) is 0.553. The summed E-state index contributed by atoms with van der Waals surface area (Å²) >= 11 is 7.81. The van der Waals surface area contributed by atoms with Crippen molar-refractivity contribution in [3.05, 3.63) is 34.9 Å². The quantitative estimate of drug-likeness (QED) is 0.348. The molecule has 1 aromatic carbocycles. The van der Waals surface area contributed by atoms with E-state index in [1.54, 1.807) is 7.11 Å². The summed E-state index contributed by atoms with van der Waals surface area (Å²) in [5, 5.41) is 0.703. The molecule has 4 heteroatoms. The van der Waals surface area contributed by atoms with Crippen LogP contribution in [0.4, 0.5) is 0 Å². The molecule has 0 amide bonds. The molecule has 0 saturated heterocycles. The second-order valence-corrected chi connectivity index (χ2v) is 3.99. The van der Waals surface area contributed by atoms with Gasteiger partial charge < -0.3 is 9.47 Å².